The summed E-state index contributed by atoms with van der Waals surface area (Å²) in [5, 5.41) is 20.2. The molecule has 112 heavy (non-hydrogen) atoms. The predicted octanol–water partition coefficient (Wildman–Crippen LogP) is 24.1. The molecule has 0 atom stereocenters. The molecule has 20 heteroatoms. The first-order valence-electron chi connectivity index (χ1n) is 37.6. The number of aromatic amines is 1. The summed E-state index contributed by atoms with van der Waals surface area (Å²) in [4.78, 5) is 24.7. The molecule has 8 aromatic carbocycles. The quantitative estimate of drug-likeness (QED) is 0.0749. The molecule has 568 valence electrons. The second-order valence-corrected chi connectivity index (χ2v) is 27.6. The highest BCUT2D eigenvalue weighted by molar-refractivity contribution is 5.82. The van der Waals surface area contributed by atoms with E-state index in [1.807, 2.05) is 61.6 Å². The van der Waals surface area contributed by atoms with Gasteiger partial charge in [-0.1, -0.05) is 111 Å². The number of aromatic nitrogens is 9. The molecular formula is C92H93N13O7. The second-order valence-electron chi connectivity index (χ2n) is 27.6. The Morgan fingerprint density at radius 2 is 0.679 bits per heavy atom. The van der Waals surface area contributed by atoms with Crippen LogP contribution in [0.15, 0.2) is 252 Å². The molecule has 16 aromatic rings. The highest BCUT2D eigenvalue weighted by atomic mass is 16.5. The molecule has 0 unspecified atom stereocenters. The summed E-state index contributed by atoms with van der Waals surface area (Å²) in [5.74, 6) is 4.14. The lowest BCUT2D eigenvalue weighted by Gasteiger charge is -2.26. The Bertz CT molecular complexity index is 4950. The van der Waals surface area contributed by atoms with E-state index >= 15 is 0 Å². The molecular weight excluding hydrogens is 1400 g/mol. The molecule has 8 aromatic heterocycles. The van der Waals surface area contributed by atoms with Crippen LogP contribution in [-0.2, 0) is 0 Å². The molecule has 20 nitrogen and oxygen atoms in total. The number of oxazole rings is 2. The van der Waals surface area contributed by atoms with Gasteiger partial charge in [-0.3, -0.25) is 0 Å². The summed E-state index contributed by atoms with van der Waals surface area (Å²) >= 11 is 0. The van der Waals surface area contributed by atoms with Crippen molar-refractivity contribution in [2.75, 3.05) is 45.8 Å². The van der Waals surface area contributed by atoms with Gasteiger partial charge in [-0.25, -0.2) is 15.0 Å². The number of hydrogen-bond donors (Lipinski definition) is 1. The zero-order valence-electron chi connectivity index (χ0n) is 66.3. The van der Waals surface area contributed by atoms with Crippen molar-refractivity contribution in [3.05, 3.63) is 288 Å². The fourth-order valence-electron chi connectivity index (χ4n) is 14.5. The summed E-state index contributed by atoms with van der Waals surface area (Å²) in [5.41, 5.74) is 33.7. The first-order valence-corrected chi connectivity index (χ1v) is 37.6. The number of benzene rings is 8. The minimum absolute atomic E-state index is 0.770. The maximum absolute atomic E-state index is 5.39. The number of hydrogen-bond acceptors (Lipinski definition) is 19. The summed E-state index contributed by atoms with van der Waals surface area (Å²) in [7, 11) is 0. The zero-order chi connectivity index (χ0) is 78.7. The van der Waals surface area contributed by atoms with Crippen molar-refractivity contribution in [1.29, 1.82) is 0 Å². The Kier molecular flexibility index (Phi) is 23.6. The SMILES string of the molecule is CCN(c1ccc(-c2cnc[nH]2)cc1)c1cc(-c2c(C)noc2C)ccc1C.CCN(c1ccc(-c2cnco2)cc1)c1cc(-c2c(C)noc2C)ccc1C.CCN(c1ccc(-c2cnoc2)cc1)c1cc(-c2c(C)noc2C)ccc1C.CCN(c1ccc(-c2cocn2)cc1)c1cc(-c2c(C)noc2C)ccc1C. The molecule has 0 fully saturated rings. The van der Waals surface area contributed by atoms with Gasteiger partial charge in [0.15, 0.2) is 18.5 Å². The van der Waals surface area contributed by atoms with E-state index in [0.29, 0.717) is 0 Å². The van der Waals surface area contributed by atoms with Crippen molar-refractivity contribution in [2.45, 2.75) is 111 Å². The Hall–Kier alpha value is -13.4. The molecule has 0 bridgehead atoms. The smallest absolute Gasteiger partial charge is 0.181 e. The number of aryl methyl sites for hydroxylation is 12. The predicted molar refractivity (Wildman–Crippen MR) is 445 cm³/mol. The molecule has 0 saturated heterocycles. The van der Waals surface area contributed by atoms with Crippen LogP contribution in [0, 0.1) is 83.1 Å². The third-order valence-corrected chi connectivity index (χ3v) is 20.3. The second kappa shape index (κ2) is 34.5. The van der Waals surface area contributed by atoms with E-state index in [1.54, 1.807) is 31.2 Å². The first kappa shape index (κ1) is 76.8. The Morgan fingerprint density at radius 3 is 0.964 bits per heavy atom. The van der Waals surface area contributed by atoms with Gasteiger partial charge >= 0.3 is 0 Å². The highest BCUT2D eigenvalue weighted by Gasteiger charge is 2.22. The Morgan fingerprint density at radius 1 is 0.330 bits per heavy atom. The van der Waals surface area contributed by atoms with Crippen molar-refractivity contribution in [2.24, 2.45) is 0 Å². The van der Waals surface area contributed by atoms with E-state index in [9.17, 15) is 0 Å². The molecule has 8 heterocycles. The minimum atomic E-state index is 0.770. The van der Waals surface area contributed by atoms with Gasteiger partial charge in [-0.15, -0.1) is 0 Å². The molecule has 0 aliphatic rings. The molecule has 1 N–H and O–H groups in total. The van der Waals surface area contributed by atoms with Crippen LogP contribution >= 0.6 is 0 Å². The van der Waals surface area contributed by atoms with E-state index in [0.717, 1.165) is 184 Å². The average molecular weight is 1490 g/mol. The van der Waals surface area contributed by atoms with Crippen molar-refractivity contribution < 1.29 is 31.4 Å². The van der Waals surface area contributed by atoms with Gasteiger partial charge in [0.05, 0.1) is 53.4 Å². The van der Waals surface area contributed by atoms with Crippen LogP contribution < -0.4 is 19.6 Å². The maximum atomic E-state index is 5.39. The normalized spacial score (nSPS) is 11.0. The van der Waals surface area contributed by atoms with E-state index in [4.69, 9.17) is 31.4 Å². The summed E-state index contributed by atoms with van der Waals surface area (Å²) in [6.07, 6.45) is 13.2. The lowest BCUT2D eigenvalue weighted by atomic mass is 10.0. The van der Waals surface area contributed by atoms with Crippen LogP contribution in [0.1, 0.15) is 95.8 Å². The largest absolute Gasteiger partial charge is 0.451 e. The number of anilines is 8. The van der Waals surface area contributed by atoms with Gasteiger partial charge in [-0.2, -0.15) is 0 Å². The van der Waals surface area contributed by atoms with Gasteiger partial charge in [0.25, 0.3) is 0 Å². The standard InChI is InChI=1S/C23H24N4O.3C23H23N3O2/c1-5-27(20-10-8-18(9-11-20)21-13-24-14-25-21)22-12-19(7-6-15(22)2)23-16(3)26-28-17(23)4;1-5-26(21-10-8-18(9-11-21)20-13-24-27-14-20)22-12-19(7-6-15(22)2)23-16(3)25-28-17(23)4;1-5-26(20-10-8-18(9-11-20)21-13-27-14-24-21)22-12-19(7-6-15(22)2)23-16(3)25-28-17(23)4;1-5-26(20-10-8-18(9-11-20)22-13-24-14-27-22)21-12-19(7-6-15(21)2)23-16(3)25-28-17(23)4/h6-14H,5H2,1-4H3,(H,24,25);3*6-14H,5H2,1-4H3. The number of rotatable bonds is 20. The van der Waals surface area contributed by atoms with Gasteiger partial charge < -0.3 is 56.0 Å². The zero-order valence-corrected chi connectivity index (χ0v) is 66.3. The average Bonchev–Trinajstić information content (AvgIpc) is 1.60. The monoisotopic (exact) mass is 1490 g/mol. The maximum Gasteiger partial charge on any atom is 0.181 e. The molecule has 0 aliphatic heterocycles. The number of H-pyrrole nitrogens is 1. The number of nitrogens with one attached hydrogen (secondary N) is 1. The third kappa shape index (κ3) is 16.6. The molecule has 0 aliphatic carbocycles. The Labute approximate surface area is 653 Å². The summed E-state index contributed by atoms with van der Waals surface area (Å²) in [6, 6.07) is 59.8. The number of imidazole rings is 1. The van der Waals surface area contributed by atoms with Gasteiger partial charge in [0.1, 0.15) is 41.3 Å². The molecule has 0 saturated carbocycles. The van der Waals surface area contributed by atoms with Gasteiger partial charge in [0.2, 0.25) is 0 Å². The molecule has 0 radical (unpaired) electrons. The van der Waals surface area contributed by atoms with E-state index < -0.39 is 0 Å². The van der Waals surface area contributed by atoms with Crippen molar-refractivity contribution in [3.63, 3.8) is 0 Å². The van der Waals surface area contributed by atoms with Crippen LogP contribution in [0.25, 0.3) is 89.5 Å². The van der Waals surface area contributed by atoms with Crippen molar-refractivity contribution >= 4 is 45.5 Å². The van der Waals surface area contributed by atoms with E-state index in [-0.39, 0.29) is 0 Å². The van der Waals surface area contributed by atoms with E-state index in [1.165, 1.54) is 57.8 Å². The van der Waals surface area contributed by atoms with Crippen LogP contribution in [0.4, 0.5) is 45.5 Å². The third-order valence-electron chi connectivity index (χ3n) is 20.3. The molecule has 0 amide bonds. The van der Waals surface area contributed by atoms with Crippen molar-refractivity contribution in [3.8, 4) is 89.5 Å². The van der Waals surface area contributed by atoms with Gasteiger partial charge in [-0.05, 0) is 251 Å². The van der Waals surface area contributed by atoms with Crippen molar-refractivity contribution in [1.82, 2.24) is 45.7 Å². The minimum Gasteiger partial charge on any atom is -0.451 e. The summed E-state index contributed by atoms with van der Waals surface area (Å²) in [6.45, 7) is 36.4. The van der Waals surface area contributed by atoms with E-state index in [2.05, 4.69) is 291 Å². The van der Waals surface area contributed by atoms with Crippen LogP contribution in [-0.4, -0.2) is 71.9 Å². The fraction of sp³-hybridized carbons (Fsp3) is 0.217. The topological polar surface area (TPSA) is 224 Å². The lowest BCUT2D eigenvalue weighted by molar-refractivity contribution is 0.393. The lowest BCUT2D eigenvalue weighted by Crippen LogP contribution is -2.17. The molecule has 16 rings (SSSR count). The number of nitrogens with zero attached hydrogens (tertiary/aromatic N) is 12. The van der Waals surface area contributed by atoms with Crippen LogP contribution in [0.2, 0.25) is 0 Å². The molecule has 0 spiro atoms. The fourth-order valence-corrected chi connectivity index (χ4v) is 14.5. The summed E-state index contributed by atoms with van der Waals surface area (Å²) < 4.78 is 36.9. The Balaban J connectivity index is 0.000000131. The first-order chi connectivity index (χ1) is 54.3. The van der Waals surface area contributed by atoms with Crippen LogP contribution in [0.3, 0.4) is 0 Å². The van der Waals surface area contributed by atoms with Crippen LogP contribution in [0.5, 0.6) is 0 Å². The van der Waals surface area contributed by atoms with Gasteiger partial charge in [0, 0.05) is 111 Å². The highest BCUT2D eigenvalue weighted by Crippen LogP contribution is 2.41.